The molecule has 0 spiro atoms. The van der Waals surface area contributed by atoms with Crippen molar-refractivity contribution in [2.45, 2.75) is 26.0 Å². The van der Waals surface area contributed by atoms with E-state index >= 15 is 0 Å². The fraction of sp³-hybridized carbons (Fsp3) is 0.400. The summed E-state index contributed by atoms with van der Waals surface area (Å²) in [5.41, 5.74) is 1.63. The fourth-order valence-corrected chi connectivity index (χ4v) is 2.57. The summed E-state index contributed by atoms with van der Waals surface area (Å²) in [5, 5.41) is 0. The van der Waals surface area contributed by atoms with Crippen molar-refractivity contribution in [2.75, 3.05) is 7.11 Å². The Morgan fingerprint density at radius 1 is 1.32 bits per heavy atom. The number of carbonyl (C=O) groups is 3. The quantitative estimate of drug-likeness (QED) is 0.354. The van der Waals surface area contributed by atoms with Crippen LogP contribution >= 0.6 is 0 Å². The highest BCUT2D eigenvalue weighted by molar-refractivity contribution is 7.78. The second-order valence-electron chi connectivity index (χ2n) is 4.93. The van der Waals surface area contributed by atoms with Gasteiger partial charge in [-0.3, -0.25) is 14.4 Å². The topological polar surface area (TPSA) is 97.7 Å². The van der Waals surface area contributed by atoms with Crippen molar-refractivity contribution in [3.63, 3.8) is 0 Å². The molecule has 0 aliphatic rings. The number of hydrogen-bond donors (Lipinski definition) is 1. The summed E-state index contributed by atoms with van der Waals surface area (Å²) in [6.45, 7) is 2.93. The lowest BCUT2D eigenvalue weighted by Crippen LogP contribution is -2.26. The van der Waals surface area contributed by atoms with Gasteiger partial charge in [-0.1, -0.05) is 18.2 Å². The van der Waals surface area contributed by atoms with Crippen LogP contribution in [-0.4, -0.2) is 33.4 Å². The van der Waals surface area contributed by atoms with Crippen molar-refractivity contribution in [1.29, 1.82) is 0 Å². The number of methoxy groups -OCH3 is 1. The van der Waals surface area contributed by atoms with Crippen LogP contribution in [0.15, 0.2) is 18.2 Å². The number of benzene rings is 1. The largest absolute Gasteiger partial charge is 0.468 e. The molecular formula is C15H18O6S. The zero-order valence-electron chi connectivity index (χ0n) is 12.6. The van der Waals surface area contributed by atoms with E-state index in [9.17, 15) is 18.6 Å². The number of hydrogen-bond acceptors (Lipinski definition) is 5. The van der Waals surface area contributed by atoms with Gasteiger partial charge in [-0.2, -0.15) is 0 Å². The van der Waals surface area contributed by atoms with Crippen molar-refractivity contribution < 1.29 is 27.9 Å². The van der Waals surface area contributed by atoms with E-state index in [-0.39, 0.29) is 18.0 Å². The summed E-state index contributed by atoms with van der Waals surface area (Å²) in [6, 6.07) is 4.76. The summed E-state index contributed by atoms with van der Waals surface area (Å²) in [6.07, 6.45) is -0.256. The van der Waals surface area contributed by atoms with Gasteiger partial charge in [0.05, 0.1) is 12.9 Å². The normalized spacial score (nSPS) is 13.3. The van der Waals surface area contributed by atoms with Crippen LogP contribution in [-0.2, 0) is 31.2 Å². The zero-order valence-corrected chi connectivity index (χ0v) is 13.4. The van der Waals surface area contributed by atoms with E-state index in [0.717, 1.165) is 7.11 Å². The Kier molecular flexibility index (Phi) is 6.58. The van der Waals surface area contributed by atoms with Crippen LogP contribution in [0.2, 0.25) is 0 Å². The standard InChI is InChI=1S/C15H18O6S/c1-9-6-11(8-22(19)20)4-5-12(9)14(17)7-13(10(2)16)15(18)21-3/h4-6,13H,7-8H2,1-3H3,(H,19,20). The van der Waals surface area contributed by atoms with Gasteiger partial charge in [-0.05, 0) is 25.0 Å². The third-order valence-electron chi connectivity index (χ3n) is 3.25. The summed E-state index contributed by atoms with van der Waals surface area (Å²) in [5.74, 6) is -2.63. The van der Waals surface area contributed by atoms with Gasteiger partial charge in [0.25, 0.3) is 0 Å². The van der Waals surface area contributed by atoms with Gasteiger partial charge in [0, 0.05) is 12.0 Å². The molecule has 0 fully saturated rings. The summed E-state index contributed by atoms with van der Waals surface area (Å²) < 4.78 is 24.2. The van der Waals surface area contributed by atoms with Crippen LogP contribution in [0, 0.1) is 12.8 Å². The Morgan fingerprint density at radius 3 is 2.41 bits per heavy atom. The maximum atomic E-state index is 12.3. The lowest BCUT2D eigenvalue weighted by molar-refractivity contribution is -0.148. The molecule has 2 unspecified atom stereocenters. The maximum absolute atomic E-state index is 12.3. The molecule has 0 aliphatic carbocycles. The molecule has 0 amide bonds. The summed E-state index contributed by atoms with van der Waals surface area (Å²) in [7, 11) is 1.16. The number of ketones is 2. The van der Waals surface area contributed by atoms with Crippen LogP contribution in [0.25, 0.3) is 0 Å². The molecule has 0 radical (unpaired) electrons. The van der Waals surface area contributed by atoms with Crippen LogP contribution < -0.4 is 0 Å². The average molecular weight is 326 g/mol. The SMILES string of the molecule is COC(=O)C(CC(=O)c1ccc(CS(=O)O)cc1C)C(C)=O. The minimum atomic E-state index is -1.96. The van der Waals surface area contributed by atoms with Crippen LogP contribution in [0.5, 0.6) is 0 Å². The molecule has 0 heterocycles. The lowest BCUT2D eigenvalue weighted by Gasteiger charge is -2.12. The van der Waals surface area contributed by atoms with E-state index < -0.39 is 28.8 Å². The van der Waals surface area contributed by atoms with Crippen LogP contribution in [0.4, 0.5) is 0 Å². The predicted molar refractivity (Wildman–Crippen MR) is 80.8 cm³/mol. The smallest absolute Gasteiger partial charge is 0.316 e. The van der Waals surface area contributed by atoms with Gasteiger partial charge in [0.1, 0.15) is 11.7 Å². The zero-order chi connectivity index (χ0) is 16.9. The van der Waals surface area contributed by atoms with Crippen LogP contribution in [0.3, 0.4) is 0 Å². The summed E-state index contributed by atoms with van der Waals surface area (Å²) in [4.78, 5) is 35.2. The Morgan fingerprint density at radius 2 is 1.95 bits per heavy atom. The summed E-state index contributed by atoms with van der Waals surface area (Å²) >= 11 is -1.96. The van der Waals surface area contributed by atoms with Gasteiger partial charge < -0.3 is 9.29 Å². The highest BCUT2D eigenvalue weighted by Gasteiger charge is 2.28. The minimum absolute atomic E-state index is 0.0203. The van der Waals surface area contributed by atoms with E-state index in [1.165, 1.54) is 13.0 Å². The molecule has 1 N–H and O–H groups in total. The second-order valence-corrected chi connectivity index (χ2v) is 5.86. The molecular weight excluding hydrogens is 308 g/mol. The van der Waals surface area contributed by atoms with E-state index in [0.29, 0.717) is 16.7 Å². The monoisotopic (exact) mass is 326 g/mol. The fourth-order valence-electron chi connectivity index (χ4n) is 2.10. The molecule has 7 heteroatoms. The molecule has 6 nitrogen and oxygen atoms in total. The lowest BCUT2D eigenvalue weighted by atomic mass is 9.93. The Hall–Kier alpha value is -1.86. The molecule has 120 valence electrons. The molecule has 1 aromatic carbocycles. The van der Waals surface area contributed by atoms with Gasteiger partial charge in [-0.25, -0.2) is 4.21 Å². The maximum Gasteiger partial charge on any atom is 0.316 e. The van der Waals surface area contributed by atoms with E-state index in [2.05, 4.69) is 4.74 Å². The first kappa shape index (κ1) is 18.2. The number of aryl methyl sites for hydroxylation is 1. The molecule has 0 bridgehead atoms. The third-order valence-corrected chi connectivity index (χ3v) is 3.83. The van der Waals surface area contributed by atoms with Crippen molar-refractivity contribution in [1.82, 2.24) is 0 Å². The number of esters is 1. The number of carbonyl (C=O) groups excluding carboxylic acids is 3. The highest BCUT2D eigenvalue weighted by atomic mass is 32.2. The van der Waals surface area contributed by atoms with Crippen molar-refractivity contribution in [3.8, 4) is 0 Å². The van der Waals surface area contributed by atoms with Gasteiger partial charge in [0.2, 0.25) is 0 Å². The molecule has 0 saturated heterocycles. The van der Waals surface area contributed by atoms with E-state index in [4.69, 9.17) is 4.55 Å². The second kappa shape index (κ2) is 7.95. The van der Waals surface area contributed by atoms with E-state index in [1.807, 2.05) is 0 Å². The number of Topliss-reactive ketones (excluding diaryl/α,β-unsaturated/α-hetero) is 2. The molecule has 0 saturated carbocycles. The molecule has 2 atom stereocenters. The van der Waals surface area contributed by atoms with Gasteiger partial charge >= 0.3 is 5.97 Å². The Balaban J connectivity index is 2.95. The molecule has 0 aromatic heterocycles. The first-order chi connectivity index (χ1) is 10.3. The van der Waals surface area contributed by atoms with Crippen molar-refractivity contribution >= 4 is 28.6 Å². The van der Waals surface area contributed by atoms with Crippen molar-refractivity contribution in [2.24, 2.45) is 5.92 Å². The Bertz CT molecular complexity index is 622. The predicted octanol–water partition coefficient (Wildman–Crippen LogP) is 1.67. The van der Waals surface area contributed by atoms with Crippen LogP contribution in [0.1, 0.15) is 34.8 Å². The third kappa shape index (κ3) is 4.85. The number of ether oxygens (including phenoxy) is 1. The first-order valence-corrected chi connectivity index (χ1v) is 7.82. The van der Waals surface area contributed by atoms with Crippen molar-refractivity contribution in [3.05, 3.63) is 34.9 Å². The average Bonchev–Trinajstić information content (AvgIpc) is 2.42. The minimum Gasteiger partial charge on any atom is -0.468 e. The molecule has 0 aliphatic heterocycles. The van der Waals surface area contributed by atoms with Gasteiger partial charge in [0.15, 0.2) is 16.9 Å². The molecule has 22 heavy (non-hydrogen) atoms. The highest BCUT2D eigenvalue weighted by Crippen LogP contribution is 2.18. The number of rotatable bonds is 7. The molecule has 1 rings (SSSR count). The first-order valence-electron chi connectivity index (χ1n) is 6.54. The molecule has 1 aromatic rings. The Labute approximate surface area is 131 Å². The van der Waals surface area contributed by atoms with Gasteiger partial charge in [-0.15, -0.1) is 0 Å². The van der Waals surface area contributed by atoms with E-state index in [1.54, 1.807) is 19.1 Å².